The first kappa shape index (κ1) is 19.8. The van der Waals surface area contributed by atoms with E-state index in [1.165, 1.54) is 6.07 Å². The van der Waals surface area contributed by atoms with Crippen LogP contribution in [0.5, 0.6) is 0 Å². The molecule has 3 heterocycles. The van der Waals surface area contributed by atoms with Crippen molar-refractivity contribution in [2.24, 2.45) is 5.92 Å². The van der Waals surface area contributed by atoms with Crippen molar-refractivity contribution in [3.63, 3.8) is 0 Å². The molecule has 0 bridgehead atoms. The van der Waals surface area contributed by atoms with E-state index in [0.29, 0.717) is 30.7 Å². The molecule has 0 radical (unpaired) electrons. The van der Waals surface area contributed by atoms with E-state index in [-0.39, 0.29) is 11.5 Å². The summed E-state index contributed by atoms with van der Waals surface area (Å²) in [6.45, 7) is 0.977. The first-order valence-corrected chi connectivity index (χ1v) is 10.5. The Morgan fingerprint density at radius 3 is 2.84 bits per heavy atom. The van der Waals surface area contributed by atoms with Crippen LogP contribution >= 0.6 is 0 Å². The molecular formula is C23H22F2N4O2. The summed E-state index contributed by atoms with van der Waals surface area (Å²) in [6, 6.07) is 6.94. The van der Waals surface area contributed by atoms with Crippen LogP contribution in [0.2, 0.25) is 0 Å². The predicted octanol–water partition coefficient (Wildman–Crippen LogP) is 4.38. The van der Waals surface area contributed by atoms with E-state index >= 15 is 0 Å². The van der Waals surface area contributed by atoms with Crippen LogP contribution in [0.3, 0.4) is 0 Å². The minimum absolute atomic E-state index is 0.144. The number of carbonyl (C=O) groups excluding carboxylic acids is 1. The molecule has 2 aliphatic rings. The number of likely N-dealkylation sites (tertiary alicyclic amines) is 1. The maximum atomic E-state index is 13.7. The fourth-order valence-electron chi connectivity index (χ4n) is 4.48. The Balaban J connectivity index is 1.44. The molecule has 31 heavy (non-hydrogen) atoms. The van der Waals surface area contributed by atoms with Gasteiger partial charge in [0.25, 0.3) is 11.8 Å². The maximum absolute atomic E-state index is 13.7. The predicted molar refractivity (Wildman–Crippen MR) is 108 cm³/mol. The lowest BCUT2D eigenvalue weighted by molar-refractivity contribution is 0.0606. The van der Waals surface area contributed by atoms with Gasteiger partial charge in [-0.3, -0.25) is 9.78 Å². The van der Waals surface area contributed by atoms with Crippen molar-refractivity contribution in [2.75, 3.05) is 13.1 Å². The van der Waals surface area contributed by atoms with Gasteiger partial charge in [0.1, 0.15) is 0 Å². The van der Waals surface area contributed by atoms with Crippen molar-refractivity contribution in [3.05, 3.63) is 65.7 Å². The van der Waals surface area contributed by atoms with Crippen LogP contribution < -0.4 is 0 Å². The zero-order valence-corrected chi connectivity index (χ0v) is 16.9. The van der Waals surface area contributed by atoms with Crippen LogP contribution in [-0.4, -0.2) is 39.0 Å². The number of aromatic nitrogens is 3. The number of nitrogens with zero attached hydrogens (tertiary/aromatic N) is 4. The zero-order valence-electron chi connectivity index (χ0n) is 16.9. The molecule has 1 saturated carbocycles. The Bertz CT molecular complexity index is 1100. The Morgan fingerprint density at radius 1 is 1.23 bits per heavy atom. The van der Waals surface area contributed by atoms with E-state index in [9.17, 15) is 13.6 Å². The number of halogens is 2. The van der Waals surface area contributed by atoms with Crippen molar-refractivity contribution >= 4 is 5.91 Å². The van der Waals surface area contributed by atoms with E-state index in [1.807, 2.05) is 12.1 Å². The van der Waals surface area contributed by atoms with Gasteiger partial charge in [0.05, 0.1) is 11.0 Å². The first-order valence-electron chi connectivity index (χ1n) is 10.5. The third-order valence-electron chi connectivity index (χ3n) is 6.22. The molecule has 5 rings (SSSR count). The highest BCUT2D eigenvalue weighted by atomic mass is 19.2. The highest BCUT2D eigenvalue weighted by Crippen LogP contribution is 2.46. The van der Waals surface area contributed by atoms with Gasteiger partial charge in [0.2, 0.25) is 0 Å². The molecule has 2 fully saturated rings. The number of carbonyl (C=O) groups is 1. The summed E-state index contributed by atoms with van der Waals surface area (Å²) in [5.74, 6) is -0.712. The summed E-state index contributed by atoms with van der Waals surface area (Å²) in [7, 11) is 0. The lowest BCUT2D eigenvalue weighted by Crippen LogP contribution is -2.49. The fourth-order valence-corrected chi connectivity index (χ4v) is 4.48. The summed E-state index contributed by atoms with van der Waals surface area (Å²) in [6.07, 6.45) is 8.16. The second kappa shape index (κ2) is 7.83. The average molecular weight is 424 g/mol. The first-order chi connectivity index (χ1) is 15.0. The minimum atomic E-state index is -1.02. The summed E-state index contributed by atoms with van der Waals surface area (Å²) < 4.78 is 32.5. The van der Waals surface area contributed by atoms with Gasteiger partial charge in [-0.15, -0.1) is 0 Å². The maximum Gasteiger partial charge on any atom is 0.259 e. The van der Waals surface area contributed by atoms with Gasteiger partial charge in [0.15, 0.2) is 17.5 Å². The van der Waals surface area contributed by atoms with E-state index in [4.69, 9.17) is 4.52 Å². The van der Waals surface area contributed by atoms with Crippen molar-refractivity contribution in [2.45, 2.75) is 37.5 Å². The molecule has 1 atom stereocenters. The van der Waals surface area contributed by atoms with Crippen molar-refractivity contribution < 1.29 is 18.1 Å². The van der Waals surface area contributed by atoms with Gasteiger partial charge in [0, 0.05) is 31.0 Å². The van der Waals surface area contributed by atoms with Crippen LogP contribution in [0.25, 0.3) is 11.5 Å². The monoisotopic (exact) mass is 424 g/mol. The summed E-state index contributed by atoms with van der Waals surface area (Å²) in [5, 5.41) is 4.30. The molecule has 0 N–H and O–H groups in total. The van der Waals surface area contributed by atoms with E-state index in [0.717, 1.165) is 49.8 Å². The smallest absolute Gasteiger partial charge is 0.259 e. The number of rotatable bonds is 5. The van der Waals surface area contributed by atoms with Crippen molar-refractivity contribution in [3.8, 4) is 11.5 Å². The molecule has 1 aliphatic carbocycles. The topological polar surface area (TPSA) is 72.1 Å². The Labute approximate surface area is 178 Å². The molecule has 1 amide bonds. The summed E-state index contributed by atoms with van der Waals surface area (Å²) in [4.78, 5) is 23.6. The van der Waals surface area contributed by atoms with Gasteiger partial charge >= 0.3 is 0 Å². The highest BCUT2D eigenvalue weighted by Gasteiger charge is 2.46. The normalized spacial score (nSPS) is 21.3. The Kier molecular flexibility index (Phi) is 5.00. The van der Waals surface area contributed by atoms with Crippen LogP contribution in [-0.2, 0) is 5.41 Å². The third kappa shape index (κ3) is 3.94. The van der Waals surface area contributed by atoms with E-state index < -0.39 is 17.0 Å². The lowest BCUT2D eigenvalue weighted by atomic mass is 9.74. The number of hydrogen-bond donors (Lipinski definition) is 0. The second-order valence-corrected chi connectivity index (χ2v) is 8.55. The number of amides is 1. The van der Waals surface area contributed by atoms with Crippen LogP contribution in [0.1, 0.15) is 48.3 Å². The molecule has 1 aromatic carbocycles. The molecule has 160 valence electrons. The SMILES string of the molecule is O=C(c1ccc(F)c(F)c1)N1CCCC(CC2CC2)(c2noc(-c3cccnc3)n2)C1. The Hall–Kier alpha value is -3.16. The van der Waals surface area contributed by atoms with Gasteiger partial charge in [-0.25, -0.2) is 8.78 Å². The molecule has 0 spiro atoms. The third-order valence-corrected chi connectivity index (χ3v) is 6.22. The number of benzene rings is 1. The number of hydrogen-bond acceptors (Lipinski definition) is 5. The van der Waals surface area contributed by atoms with Crippen LogP contribution in [0.4, 0.5) is 8.78 Å². The lowest BCUT2D eigenvalue weighted by Gasteiger charge is -2.41. The van der Waals surface area contributed by atoms with Crippen LogP contribution in [0, 0.1) is 17.6 Å². The molecular weight excluding hydrogens is 402 g/mol. The van der Waals surface area contributed by atoms with Gasteiger partial charge in [-0.05, 0) is 55.5 Å². The zero-order chi connectivity index (χ0) is 21.4. The number of pyridine rings is 1. The molecule has 3 aromatic rings. The van der Waals surface area contributed by atoms with Gasteiger partial charge in [-0.1, -0.05) is 18.0 Å². The molecule has 1 unspecified atom stereocenters. The molecule has 1 aliphatic heterocycles. The highest BCUT2D eigenvalue weighted by molar-refractivity contribution is 5.94. The standard InChI is InChI=1S/C23H22F2N4O2/c24-18-7-6-16(11-19(18)25)21(30)29-10-2-8-23(14-29,12-15-4-5-15)22-27-20(31-28-22)17-3-1-9-26-13-17/h1,3,6-7,9,11,13,15H,2,4-5,8,10,12,14H2. The largest absolute Gasteiger partial charge is 0.338 e. The van der Waals surface area contributed by atoms with Crippen molar-refractivity contribution in [1.82, 2.24) is 20.0 Å². The fraction of sp³-hybridized carbons (Fsp3) is 0.391. The van der Waals surface area contributed by atoms with Crippen LogP contribution in [0.15, 0.2) is 47.2 Å². The number of piperidine rings is 1. The minimum Gasteiger partial charge on any atom is -0.338 e. The molecule has 8 heteroatoms. The van der Waals surface area contributed by atoms with Gasteiger partial charge < -0.3 is 9.42 Å². The van der Waals surface area contributed by atoms with E-state index in [2.05, 4.69) is 15.1 Å². The molecule has 6 nitrogen and oxygen atoms in total. The summed E-state index contributed by atoms with van der Waals surface area (Å²) in [5.41, 5.74) is 0.469. The second-order valence-electron chi connectivity index (χ2n) is 8.55. The molecule has 1 saturated heterocycles. The Morgan fingerprint density at radius 2 is 2.10 bits per heavy atom. The van der Waals surface area contributed by atoms with E-state index in [1.54, 1.807) is 17.3 Å². The quantitative estimate of drug-likeness (QED) is 0.608. The molecule has 2 aromatic heterocycles. The summed E-state index contributed by atoms with van der Waals surface area (Å²) >= 11 is 0. The van der Waals surface area contributed by atoms with Crippen molar-refractivity contribution in [1.29, 1.82) is 0 Å². The van der Waals surface area contributed by atoms with Gasteiger partial charge in [-0.2, -0.15) is 4.98 Å². The average Bonchev–Trinajstić information content (AvgIpc) is 3.45.